The molecular formula is C19H19N5O5S. The Bertz CT molecular complexity index is 1110. The molecule has 0 radical (unpaired) electrons. The molecule has 0 bridgehead atoms. The maximum absolute atomic E-state index is 12.0. The Hall–Kier alpha value is -3.44. The smallest absolute Gasteiger partial charge is 0.309 e. The Morgan fingerprint density at radius 3 is 2.37 bits per heavy atom. The summed E-state index contributed by atoms with van der Waals surface area (Å²) in [5.41, 5.74) is 1.83. The van der Waals surface area contributed by atoms with Crippen LogP contribution in [0, 0.1) is 0 Å². The van der Waals surface area contributed by atoms with E-state index >= 15 is 0 Å². The SMILES string of the molecule is NS(=O)(=O)c1ccc(CCNC(=O)C(=O)NCC2N=NC(=O)c3ccccc32)cc1. The molecule has 1 aliphatic rings. The van der Waals surface area contributed by atoms with Crippen molar-refractivity contribution in [3.05, 3.63) is 65.2 Å². The summed E-state index contributed by atoms with van der Waals surface area (Å²) in [5, 5.41) is 17.5. The number of nitrogens with one attached hydrogen (secondary N) is 2. The van der Waals surface area contributed by atoms with Crippen molar-refractivity contribution in [3.63, 3.8) is 0 Å². The quantitative estimate of drug-likeness (QED) is 0.568. The van der Waals surface area contributed by atoms with E-state index in [4.69, 9.17) is 5.14 Å². The number of nitrogens with two attached hydrogens (primary N) is 1. The Balaban J connectivity index is 1.47. The van der Waals surface area contributed by atoms with E-state index in [1.165, 1.54) is 12.1 Å². The maximum Gasteiger partial charge on any atom is 0.309 e. The average molecular weight is 429 g/mol. The molecule has 0 aliphatic carbocycles. The first-order chi connectivity index (χ1) is 14.3. The summed E-state index contributed by atoms with van der Waals surface area (Å²) in [5.74, 6) is -2.08. The van der Waals surface area contributed by atoms with Gasteiger partial charge in [-0.1, -0.05) is 30.3 Å². The van der Waals surface area contributed by atoms with Crippen molar-refractivity contribution in [2.24, 2.45) is 15.4 Å². The third kappa shape index (κ3) is 5.13. The van der Waals surface area contributed by atoms with Gasteiger partial charge in [-0.15, -0.1) is 5.11 Å². The normalized spacial score (nSPS) is 15.4. The van der Waals surface area contributed by atoms with Gasteiger partial charge < -0.3 is 10.6 Å². The van der Waals surface area contributed by atoms with Crippen LogP contribution >= 0.6 is 0 Å². The Morgan fingerprint density at radius 1 is 1.00 bits per heavy atom. The fourth-order valence-electron chi connectivity index (χ4n) is 2.89. The van der Waals surface area contributed by atoms with Gasteiger partial charge in [0, 0.05) is 18.7 Å². The summed E-state index contributed by atoms with van der Waals surface area (Å²) in [6.07, 6.45) is 0.399. The van der Waals surface area contributed by atoms with Gasteiger partial charge in [0.25, 0.3) is 5.91 Å². The summed E-state index contributed by atoms with van der Waals surface area (Å²) in [4.78, 5) is 35.7. The molecule has 0 saturated carbocycles. The van der Waals surface area contributed by atoms with Crippen LogP contribution in [0.1, 0.15) is 27.5 Å². The zero-order valence-electron chi connectivity index (χ0n) is 15.7. The number of fused-ring (bicyclic) bond motifs is 1. The molecule has 1 heterocycles. The minimum Gasteiger partial charge on any atom is -0.348 e. The minimum atomic E-state index is -3.76. The highest BCUT2D eigenvalue weighted by Gasteiger charge is 2.24. The molecule has 11 heteroatoms. The zero-order chi connectivity index (χ0) is 21.7. The topological polar surface area (TPSA) is 160 Å². The summed E-state index contributed by atoms with van der Waals surface area (Å²) in [7, 11) is -3.76. The van der Waals surface area contributed by atoms with Crippen LogP contribution in [0.25, 0.3) is 0 Å². The number of benzene rings is 2. The number of azo groups is 1. The zero-order valence-corrected chi connectivity index (χ0v) is 16.6. The van der Waals surface area contributed by atoms with Gasteiger partial charge in [-0.05, 0) is 35.7 Å². The first kappa shape index (κ1) is 21.3. The molecule has 0 fully saturated rings. The van der Waals surface area contributed by atoms with Gasteiger partial charge in [0.2, 0.25) is 10.0 Å². The molecule has 1 unspecified atom stereocenters. The van der Waals surface area contributed by atoms with E-state index in [9.17, 15) is 22.8 Å². The molecule has 0 aromatic heterocycles. The number of primary sulfonamides is 1. The third-order valence-electron chi connectivity index (χ3n) is 4.45. The second-order valence-electron chi connectivity index (χ2n) is 6.53. The highest BCUT2D eigenvalue weighted by molar-refractivity contribution is 7.89. The fraction of sp³-hybridized carbons (Fsp3) is 0.211. The van der Waals surface area contributed by atoms with Crippen molar-refractivity contribution in [1.29, 1.82) is 0 Å². The lowest BCUT2D eigenvalue weighted by Gasteiger charge is -2.18. The summed E-state index contributed by atoms with van der Waals surface area (Å²) in [6, 6.07) is 12.2. The van der Waals surface area contributed by atoms with E-state index < -0.39 is 33.8 Å². The van der Waals surface area contributed by atoms with Crippen LogP contribution in [0.15, 0.2) is 63.7 Å². The van der Waals surface area contributed by atoms with Crippen LogP contribution in [0.5, 0.6) is 0 Å². The number of sulfonamides is 1. The molecule has 0 saturated heterocycles. The number of hydrogen-bond donors (Lipinski definition) is 3. The lowest BCUT2D eigenvalue weighted by Crippen LogP contribution is -2.42. The van der Waals surface area contributed by atoms with Crippen LogP contribution < -0.4 is 15.8 Å². The van der Waals surface area contributed by atoms with E-state index in [1.807, 2.05) is 0 Å². The van der Waals surface area contributed by atoms with Gasteiger partial charge in [-0.25, -0.2) is 13.6 Å². The Kier molecular flexibility index (Phi) is 6.33. The van der Waals surface area contributed by atoms with Crippen molar-refractivity contribution in [1.82, 2.24) is 10.6 Å². The summed E-state index contributed by atoms with van der Waals surface area (Å²) < 4.78 is 22.5. The highest BCUT2D eigenvalue weighted by atomic mass is 32.2. The number of rotatable bonds is 6. The molecule has 3 amide bonds. The van der Waals surface area contributed by atoms with Crippen LogP contribution in [-0.4, -0.2) is 39.2 Å². The maximum atomic E-state index is 12.0. The number of hydrogen-bond acceptors (Lipinski definition) is 6. The first-order valence-corrected chi connectivity index (χ1v) is 10.5. The number of nitrogens with zero attached hydrogens (tertiary/aromatic N) is 2. The van der Waals surface area contributed by atoms with Gasteiger partial charge >= 0.3 is 11.8 Å². The standard InChI is InChI=1S/C19H19N5O5S/c20-30(28,29)13-7-5-12(6-8-13)9-10-21-18(26)19(27)22-11-16-14-3-1-2-4-15(14)17(25)24-23-16/h1-8,16H,9-11H2,(H,21,26)(H,22,27)(H2,20,28,29). The van der Waals surface area contributed by atoms with E-state index in [0.717, 1.165) is 5.56 Å². The average Bonchev–Trinajstić information content (AvgIpc) is 2.73. The number of carbonyl (C=O) groups excluding carboxylic acids is 3. The monoisotopic (exact) mass is 429 g/mol. The third-order valence-corrected chi connectivity index (χ3v) is 5.38. The summed E-state index contributed by atoms with van der Waals surface area (Å²) in [6.45, 7) is 0.205. The number of carbonyl (C=O) groups is 3. The fourth-order valence-corrected chi connectivity index (χ4v) is 3.40. The Morgan fingerprint density at radius 2 is 1.67 bits per heavy atom. The molecule has 4 N–H and O–H groups in total. The molecule has 1 aliphatic heterocycles. The van der Waals surface area contributed by atoms with Gasteiger partial charge in [0.05, 0.1) is 4.90 Å². The molecule has 2 aromatic rings. The van der Waals surface area contributed by atoms with Crippen molar-refractivity contribution in [2.75, 3.05) is 13.1 Å². The van der Waals surface area contributed by atoms with Crippen LogP contribution in [0.4, 0.5) is 0 Å². The largest absolute Gasteiger partial charge is 0.348 e. The molecule has 3 rings (SSSR count). The first-order valence-electron chi connectivity index (χ1n) is 8.97. The van der Waals surface area contributed by atoms with Gasteiger partial charge in [0.1, 0.15) is 6.04 Å². The van der Waals surface area contributed by atoms with Crippen molar-refractivity contribution >= 4 is 27.7 Å². The second kappa shape index (κ2) is 8.93. The molecule has 0 spiro atoms. The minimum absolute atomic E-state index is 0.00204. The van der Waals surface area contributed by atoms with E-state index in [0.29, 0.717) is 17.5 Å². The van der Waals surface area contributed by atoms with E-state index in [1.54, 1.807) is 36.4 Å². The van der Waals surface area contributed by atoms with Gasteiger partial charge in [0.15, 0.2) is 0 Å². The molecule has 2 aromatic carbocycles. The van der Waals surface area contributed by atoms with Crippen molar-refractivity contribution in [2.45, 2.75) is 17.4 Å². The van der Waals surface area contributed by atoms with E-state index in [2.05, 4.69) is 20.9 Å². The number of amides is 3. The van der Waals surface area contributed by atoms with Gasteiger partial charge in [-0.3, -0.25) is 14.4 Å². The summed E-state index contributed by atoms with van der Waals surface area (Å²) >= 11 is 0. The lowest BCUT2D eigenvalue weighted by atomic mass is 9.99. The molecule has 1 atom stereocenters. The highest BCUT2D eigenvalue weighted by Crippen LogP contribution is 2.26. The van der Waals surface area contributed by atoms with Crippen LogP contribution in [-0.2, 0) is 26.0 Å². The van der Waals surface area contributed by atoms with Gasteiger partial charge in [-0.2, -0.15) is 5.11 Å². The predicted octanol–water partition coefficient (Wildman–Crippen LogP) is 0.456. The van der Waals surface area contributed by atoms with Crippen LogP contribution in [0.3, 0.4) is 0 Å². The van der Waals surface area contributed by atoms with E-state index in [-0.39, 0.29) is 18.0 Å². The molecule has 156 valence electrons. The molecule has 10 nitrogen and oxygen atoms in total. The van der Waals surface area contributed by atoms with Crippen molar-refractivity contribution in [3.8, 4) is 0 Å². The van der Waals surface area contributed by atoms with Crippen LogP contribution in [0.2, 0.25) is 0 Å². The Labute approximate surface area is 172 Å². The second-order valence-corrected chi connectivity index (χ2v) is 8.09. The molecule has 30 heavy (non-hydrogen) atoms. The lowest BCUT2D eigenvalue weighted by molar-refractivity contribution is -0.139. The molecular weight excluding hydrogens is 410 g/mol. The van der Waals surface area contributed by atoms with Crippen molar-refractivity contribution < 1.29 is 22.8 Å². The predicted molar refractivity (Wildman–Crippen MR) is 106 cm³/mol.